The molecule has 2 aromatic carbocycles. The molecule has 0 atom stereocenters. The van der Waals surface area contributed by atoms with E-state index in [1.165, 1.54) is 6.07 Å². The Labute approximate surface area is 135 Å². The molecule has 2 rings (SSSR count). The average Bonchev–Trinajstić information content (AvgIpc) is 2.49. The van der Waals surface area contributed by atoms with Gasteiger partial charge in [0, 0.05) is 25.0 Å². The number of anilines is 2. The Hall–Kier alpha value is -1.76. The van der Waals surface area contributed by atoms with Crippen LogP contribution >= 0.6 is 11.6 Å². The van der Waals surface area contributed by atoms with Crippen LogP contribution in [-0.2, 0) is 14.8 Å². The minimum absolute atomic E-state index is 0.0546. The maximum Gasteiger partial charge on any atom is 0.263 e. The van der Waals surface area contributed by atoms with Crippen molar-refractivity contribution in [3.8, 4) is 0 Å². The Bertz CT molecular complexity index is 718. The van der Waals surface area contributed by atoms with Gasteiger partial charge in [0.2, 0.25) is 0 Å². The number of methoxy groups -OCH3 is 1. The standard InChI is InChI=1S/C15H17ClN2O3S/c1-21-11-10-17-12-6-8-13(9-7-12)18-22(19,20)15-5-3-2-4-14(15)16/h2-9,17-18H,10-11H2,1H3. The van der Waals surface area contributed by atoms with E-state index in [2.05, 4.69) is 10.0 Å². The van der Waals surface area contributed by atoms with Crippen molar-refractivity contribution < 1.29 is 13.2 Å². The summed E-state index contributed by atoms with van der Waals surface area (Å²) in [7, 11) is -2.07. The maximum atomic E-state index is 12.3. The zero-order valence-electron chi connectivity index (χ0n) is 12.0. The summed E-state index contributed by atoms with van der Waals surface area (Å²) < 4.78 is 32.0. The lowest BCUT2D eigenvalue weighted by Crippen LogP contribution is -2.13. The van der Waals surface area contributed by atoms with Gasteiger partial charge < -0.3 is 10.1 Å². The Morgan fingerprint density at radius 2 is 1.68 bits per heavy atom. The Balaban J connectivity index is 2.09. The third kappa shape index (κ3) is 4.37. The first kappa shape index (κ1) is 16.6. The minimum Gasteiger partial charge on any atom is -0.383 e. The van der Waals surface area contributed by atoms with Crippen molar-refractivity contribution in [1.29, 1.82) is 0 Å². The fourth-order valence-corrected chi connectivity index (χ4v) is 3.41. The highest BCUT2D eigenvalue weighted by Crippen LogP contribution is 2.23. The topological polar surface area (TPSA) is 67.4 Å². The van der Waals surface area contributed by atoms with E-state index in [-0.39, 0.29) is 9.92 Å². The number of nitrogens with one attached hydrogen (secondary N) is 2. The van der Waals surface area contributed by atoms with E-state index in [1.54, 1.807) is 49.6 Å². The molecule has 118 valence electrons. The predicted octanol–water partition coefficient (Wildman–Crippen LogP) is 3.20. The van der Waals surface area contributed by atoms with Crippen LogP contribution in [0, 0.1) is 0 Å². The van der Waals surface area contributed by atoms with Gasteiger partial charge in [-0.2, -0.15) is 0 Å². The van der Waals surface area contributed by atoms with Crippen LogP contribution in [0.4, 0.5) is 11.4 Å². The summed E-state index contributed by atoms with van der Waals surface area (Å²) >= 11 is 5.93. The van der Waals surface area contributed by atoms with Gasteiger partial charge in [-0.05, 0) is 36.4 Å². The van der Waals surface area contributed by atoms with Gasteiger partial charge in [0.1, 0.15) is 4.90 Å². The minimum atomic E-state index is -3.70. The van der Waals surface area contributed by atoms with Crippen molar-refractivity contribution in [3.05, 3.63) is 53.6 Å². The fraction of sp³-hybridized carbons (Fsp3) is 0.200. The SMILES string of the molecule is COCCNc1ccc(NS(=O)(=O)c2ccccc2Cl)cc1. The molecule has 0 unspecified atom stereocenters. The summed E-state index contributed by atoms with van der Waals surface area (Å²) in [6.45, 7) is 1.28. The molecule has 5 nitrogen and oxygen atoms in total. The molecule has 0 radical (unpaired) electrons. The van der Waals surface area contributed by atoms with Crippen molar-refractivity contribution in [1.82, 2.24) is 0 Å². The second kappa shape index (κ2) is 7.49. The molecule has 0 heterocycles. The lowest BCUT2D eigenvalue weighted by Gasteiger charge is -2.10. The molecular weight excluding hydrogens is 324 g/mol. The van der Waals surface area contributed by atoms with Crippen molar-refractivity contribution in [2.45, 2.75) is 4.90 Å². The first-order valence-electron chi connectivity index (χ1n) is 6.63. The highest BCUT2D eigenvalue weighted by Gasteiger charge is 2.17. The highest BCUT2D eigenvalue weighted by molar-refractivity contribution is 7.92. The zero-order valence-corrected chi connectivity index (χ0v) is 13.6. The van der Waals surface area contributed by atoms with Gasteiger partial charge in [-0.1, -0.05) is 23.7 Å². The van der Waals surface area contributed by atoms with E-state index < -0.39 is 10.0 Å². The second-order valence-corrected chi connectivity index (χ2v) is 6.59. The normalized spacial score (nSPS) is 11.2. The summed E-state index contributed by atoms with van der Waals surface area (Å²) in [5.41, 5.74) is 1.36. The van der Waals surface area contributed by atoms with E-state index in [1.807, 2.05) is 0 Å². The largest absolute Gasteiger partial charge is 0.383 e. The van der Waals surface area contributed by atoms with Crippen LogP contribution in [0.2, 0.25) is 5.02 Å². The monoisotopic (exact) mass is 340 g/mol. The molecule has 0 bridgehead atoms. The van der Waals surface area contributed by atoms with Crippen molar-refractivity contribution in [2.24, 2.45) is 0 Å². The Morgan fingerprint density at radius 1 is 1.05 bits per heavy atom. The maximum absolute atomic E-state index is 12.3. The third-order valence-corrected chi connectivity index (χ3v) is 4.78. The van der Waals surface area contributed by atoms with Gasteiger partial charge in [-0.15, -0.1) is 0 Å². The van der Waals surface area contributed by atoms with E-state index >= 15 is 0 Å². The van der Waals surface area contributed by atoms with Gasteiger partial charge >= 0.3 is 0 Å². The van der Waals surface area contributed by atoms with Crippen LogP contribution in [0.3, 0.4) is 0 Å². The molecule has 0 aliphatic carbocycles. The molecule has 0 aromatic heterocycles. The summed E-state index contributed by atoms with van der Waals surface area (Å²) in [6.07, 6.45) is 0. The van der Waals surface area contributed by atoms with Gasteiger partial charge in [0.25, 0.3) is 10.0 Å². The number of hydrogen-bond acceptors (Lipinski definition) is 4. The van der Waals surface area contributed by atoms with Gasteiger partial charge in [-0.3, -0.25) is 4.72 Å². The third-order valence-electron chi connectivity index (χ3n) is 2.90. The summed E-state index contributed by atoms with van der Waals surface area (Å²) in [5, 5.41) is 3.34. The van der Waals surface area contributed by atoms with E-state index in [0.717, 1.165) is 5.69 Å². The smallest absolute Gasteiger partial charge is 0.263 e. The summed E-state index contributed by atoms with van der Waals surface area (Å²) in [6, 6.07) is 13.3. The number of hydrogen-bond donors (Lipinski definition) is 2. The first-order chi connectivity index (χ1) is 10.5. The van der Waals surface area contributed by atoms with Gasteiger partial charge in [-0.25, -0.2) is 8.42 Å². The zero-order chi connectivity index (χ0) is 16.0. The van der Waals surface area contributed by atoms with Crippen LogP contribution < -0.4 is 10.0 Å². The lowest BCUT2D eigenvalue weighted by molar-refractivity contribution is 0.211. The van der Waals surface area contributed by atoms with Gasteiger partial charge in [0.15, 0.2) is 0 Å². The molecule has 7 heteroatoms. The number of benzene rings is 2. The summed E-state index contributed by atoms with van der Waals surface area (Å²) in [5.74, 6) is 0. The van der Waals surface area contributed by atoms with E-state index in [0.29, 0.717) is 18.8 Å². The fourth-order valence-electron chi connectivity index (χ4n) is 1.83. The Kier molecular flexibility index (Phi) is 5.65. The molecule has 0 spiro atoms. The molecule has 0 amide bonds. The van der Waals surface area contributed by atoms with Crippen LogP contribution in [0.5, 0.6) is 0 Å². The first-order valence-corrected chi connectivity index (χ1v) is 8.49. The number of halogens is 1. The van der Waals surface area contributed by atoms with E-state index in [9.17, 15) is 8.42 Å². The molecule has 2 aromatic rings. The molecule has 0 aliphatic heterocycles. The number of sulfonamides is 1. The lowest BCUT2D eigenvalue weighted by atomic mass is 10.3. The van der Waals surface area contributed by atoms with E-state index in [4.69, 9.17) is 16.3 Å². The number of rotatable bonds is 7. The van der Waals surface area contributed by atoms with Crippen molar-refractivity contribution >= 4 is 33.0 Å². The second-order valence-electron chi connectivity index (χ2n) is 4.53. The summed E-state index contributed by atoms with van der Waals surface area (Å²) in [4.78, 5) is 0.0546. The molecule has 0 saturated carbocycles. The van der Waals surface area contributed by atoms with Crippen LogP contribution in [-0.4, -0.2) is 28.7 Å². The van der Waals surface area contributed by atoms with Crippen molar-refractivity contribution in [3.63, 3.8) is 0 Å². The molecule has 0 aliphatic rings. The molecular formula is C15H17ClN2O3S. The number of ether oxygens (including phenoxy) is 1. The highest BCUT2D eigenvalue weighted by atomic mass is 35.5. The molecule has 0 fully saturated rings. The molecule has 2 N–H and O–H groups in total. The van der Waals surface area contributed by atoms with Crippen molar-refractivity contribution in [2.75, 3.05) is 30.3 Å². The quantitative estimate of drug-likeness (QED) is 0.759. The van der Waals surface area contributed by atoms with Crippen LogP contribution in [0.15, 0.2) is 53.4 Å². The van der Waals surface area contributed by atoms with Crippen LogP contribution in [0.25, 0.3) is 0 Å². The Morgan fingerprint density at radius 3 is 2.32 bits per heavy atom. The van der Waals surface area contributed by atoms with Gasteiger partial charge in [0.05, 0.1) is 11.6 Å². The van der Waals surface area contributed by atoms with Crippen LogP contribution in [0.1, 0.15) is 0 Å². The molecule has 22 heavy (non-hydrogen) atoms. The predicted molar refractivity (Wildman–Crippen MR) is 89.1 cm³/mol. The molecule has 0 saturated heterocycles. The average molecular weight is 341 g/mol.